The van der Waals surface area contributed by atoms with Crippen molar-refractivity contribution in [3.8, 4) is 11.5 Å². The number of ether oxygens (including phenoxy) is 2. The van der Waals surface area contributed by atoms with Gasteiger partial charge in [0.2, 0.25) is 0 Å². The van der Waals surface area contributed by atoms with E-state index in [2.05, 4.69) is 10.2 Å². The highest BCUT2D eigenvalue weighted by Crippen LogP contribution is 2.29. The van der Waals surface area contributed by atoms with Crippen molar-refractivity contribution >= 4 is 6.29 Å². The first-order chi connectivity index (χ1) is 9.35. The van der Waals surface area contributed by atoms with Crippen molar-refractivity contribution in [3.05, 3.63) is 23.8 Å². The molecule has 2 rings (SSSR count). The van der Waals surface area contributed by atoms with Crippen LogP contribution in [0.5, 0.6) is 11.5 Å². The number of hydrogen-bond donors (Lipinski definition) is 1. The van der Waals surface area contributed by atoms with Crippen molar-refractivity contribution in [2.24, 2.45) is 0 Å². The number of piperazine rings is 1. The summed E-state index contributed by atoms with van der Waals surface area (Å²) >= 11 is 0. The molecule has 0 spiro atoms. The van der Waals surface area contributed by atoms with Crippen molar-refractivity contribution in [2.45, 2.75) is 0 Å². The summed E-state index contributed by atoms with van der Waals surface area (Å²) in [4.78, 5) is 13.3. The van der Waals surface area contributed by atoms with Crippen LogP contribution in [0.3, 0.4) is 0 Å². The van der Waals surface area contributed by atoms with Gasteiger partial charge in [0.05, 0.1) is 12.7 Å². The molecule has 5 nitrogen and oxygen atoms in total. The number of rotatable bonds is 6. The Labute approximate surface area is 113 Å². The lowest BCUT2D eigenvalue weighted by atomic mass is 10.2. The topological polar surface area (TPSA) is 50.8 Å². The van der Waals surface area contributed by atoms with Gasteiger partial charge in [0.25, 0.3) is 0 Å². The van der Waals surface area contributed by atoms with E-state index >= 15 is 0 Å². The summed E-state index contributed by atoms with van der Waals surface area (Å²) in [6, 6.07) is 5.31. The van der Waals surface area contributed by atoms with Gasteiger partial charge in [-0.05, 0) is 12.1 Å². The summed E-state index contributed by atoms with van der Waals surface area (Å²) in [7, 11) is 1.58. The Bertz CT molecular complexity index is 417. The lowest BCUT2D eigenvalue weighted by Gasteiger charge is -2.27. The maximum Gasteiger partial charge on any atom is 0.171 e. The second-order valence-corrected chi connectivity index (χ2v) is 4.44. The van der Waals surface area contributed by atoms with Crippen LogP contribution >= 0.6 is 0 Å². The molecule has 104 valence electrons. The van der Waals surface area contributed by atoms with Gasteiger partial charge in [-0.15, -0.1) is 0 Å². The predicted molar refractivity (Wildman–Crippen MR) is 73.2 cm³/mol. The number of carbonyl (C=O) groups is 1. The first-order valence-corrected chi connectivity index (χ1v) is 6.53. The van der Waals surface area contributed by atoms with Crippen molar-refractivity contribution in [2.75, 3.05) is 46.4 Å². The molecule has 5 heteroatoms. The van der Waals surface area contributed by atoms with Crippen molar-refractivity contribution in [1.82, 2.24) is 10.2 Å². The zero-order valence-corrected chi connectivity index (χ0v) is 11.2. The summed E-state index contributed by atoms with van der Waals surface area (Å²) < 4.78 is 11.0. The average Bonchev–Trinajstić information content (AvgIpc) is 2.48. The van der Waals surface area contributed by atoms with Gasteiger partial charge in [0.15, 0.2) is 17.8 Å². The molecule has 1 aromatic carbocycles. The molecule has 0 atom stereocenters. The number of methoxy groups -OCH3 is 1. The fourth-order valence-corrected chi connectivity index (χ4v) is 2.15. The fraction of sp³-hybridized carbons (Fsp3) is 0.500. The fourth-order valence-electron chi connectivity index (χ4n) is 2.15. The van der Waals surface area contributed by atoms with Crippen LogP contribution in [0.4, 0.5) is 0 Å². The molecule has 0 amide bonds. The Kier molecular flexibility index (Phi) is 5.18. The van der Waals surface area contributed by atoms with Crippen LogP contribution in [0.2, 0.25) is 0 Å². The Balaban J connectivity index is 1.92. The number of nitrogens with zero attached hydrogens (tertiary/aromatic N) is 1. The third-order valence-corrected chi connectivity index (χ3v) is 3.22. The van der Waals surface area contributed by atoms with Crippen LogP contribution in [-0.2, 0) is 0 Å². The zero-order valence-electron chi connectivity index (χ0n) is 11.2. The second kappa shape index (κ2) is 7.11. The molecule has 0 aliphatic carbocycles. The summed E-state index contributed by atoms with van der Waals surface area (Å²) in [5.74, 6) is 1.14. The van der Waals surface area contributed by atoms with Gasteiger partial charge >= 0.3 is 0 Å². The smallest absolute Gasteiger partial charge is 0.171 e. The van der Waals surface area contributed by atoms with Gasteiger partial charge in [0.1, 0.15) is 6.61 Å². The molecule has 1 saturated heterocycles. The summed E-state index contributed by atoms with van der Waals surface area (Å²) in [5.41, 5.74) is 0.527. The van der Waals surface area contributed by atoms with Crippen molar-refractivity contribution in [1.29, 1.82) is 0 Å². The number of hydrogen-bond acceptors (Lipinski definition) is 5. The molecule has 0 radical (unpaired) electrons. The Morgan fingerprint density at radius 1 is 1.37 bits per heavy atom. The average molecular weight is 264 g/mol. The van der Waals surface area contributed by atoms with E-state index in [4.69, 9.17) is 9.47 Å². The van der Waals surface area contributed by atoms with Gasteiger partial charge in [-0.25, -0.2) is 0 Å². The number of para-hydroxylation sites is 1. The normalized spacial score (nSPS) is 16.1. The van der Waals surface area contributed by atoms with E-state index in [0.29, 0.717) is 23.7 Å². The molecular weight excluding hydrogens is 244 g/mol. The minimum absolute atomic E-state index is 0.527. The standard InChI is InChI=1S/C14H20N2O3/c1-18-13-4-2-3-12(11-17)14(13)19-10-9-16-7-5-15-6-8-16/h2-4,11,15H,5-10H2,1H3. The van der Waals surface area contributed by atoms with Crippen molar-refractivity contribution < 1.29 is 14.3 Å². The number of benzene rings is 1. The molecule has 0 aromatic heterocycles. The lowest BCUT2D eigenvalue weighted by molar-refractivity contribution is 0.111. The monoisotopic (exact) mass is 264 g/mol. The highest BCUT2D eigenvalue weighted by molar-refractivity contribution is 5.81. The van der Waals surface area contributed by atoms with E-state index in [1.165, 1.54) is 0 Å². The third kappa shape index (κ3) is 3.68. The molecule has 1 aliphatic rings. The van der Waals surface area contributed by atoms with E-state index in [0.717, 1.165) is 39.0 Å². The molecule has 1 N–H and O–H groups in total. The van der Waals surface area contributed by atoms with Crippen LogP contribution in [0.15, 0.2) is 18.2 Å². The van der Waals surface area contributed by atoms with Crippen molar-refractivity contribution in [3.63, 3.8) is 0 Å². The van der Waals surface area contributed by atoms with Crippen LogP contribution in [0.25, 0.3) is 0 Å². The number of nitrogens with one attached hydrogen (secondary N) is 1. The first-order valence-electron chi connectivity index (χ1n) is 6.53. The third-order valence-electron chi connectivity index (χ3n) is 3.22. The van der Waals surface area contributed by atoms with Crippen LogP contribution in [-0.4, -0.2) is 57.6 Å². The quantitative estimate of drug-likeness (QED) is 0.770. The Hall–Kier alpha value is -1.59. The van der Waals surface area contributed by atoms with Crippen LogP contribution in [0.1, 0.15) is 10.4 Å². The summed E-state index contributed by atoms with van der Waals surface area (Å²) in [6.45, 7) is 5.54. The lowest BCUT2D eigenvalue weighted by Crippen LogP contribution is -2.44. The van der Waals surface area contributed by atoms with E-state index in [-0.39, 0.29) is 0 Å². The molecule has 1 fully saturated rings. The molecule has 1 aliphatic heterocycles. The molecule has 1 heterocycles. The van der Waals surface area contributed by atoms with Crippen LogP contribution in [0, 0.1) is 0 Å². The Morgan fingerprint density at radius 3 is 2.84 bits per heavy atom. The van der Waals surface area contributed by atoms with E-state index < -0.39 is 0 Å². The first kappa shape index (κ1) is 13.8. The van der Waals surface area contributed by atoms with Gasteiger partial charge in [0, 0.05) is 32.7 Å². The van der Waals surface area contributed by atoms with Gasteiger partial charge in [-0.3, -0.25) is 9.69 Å². The SMILES string of the molecule is COc1cccc(C=O)c1OCCN1CCNCC1. The molecular formula is C14H20N2O3. The Morgan fingerprint density at radius 2 is 2.16 bits per heavy atom. The predicted octanol–water partition coefficient (Wildman–Crippen LogP) is 0.792. The second-order valence-electron chi connectivity index (χ2n) is 4.44. The minimum atomic E-state index is 0.527. The molecule has 0 unspecified atom stereocenters. The summed E-state index contributed by atoms with van der Waals surface area (Å²) in [6.07, 6.45) is 0.794. The van der Waals surface area contributed by atoms with E-state index in [9.17, 15) is 4.79 Å². The number of aldehydes is 1. The zero-order chi connectivity index (χ0) is 13.5. The van der Waals surface area contributed by atoms with E-state index in [1.807, 2.05) is 0 Å². The molecule has 0 saturated carbocycles. The molecule has 0 bridgehead atoms. The minimum Gasteiger partial charge on any atom is -0.493 e. The highest BCUT2D eigenvalue weighted by Gasteiger charge is 2.12. The van der Waals surface area contributed by atoms with Gasteiger partial charge < -0.3 is 14.8 Å². The van der Waals surface area contributed by atoms with Gasteiger partial charge in [-0.2, -0.15) is 0 Å². The molecule has 1 aromatic rings. The van der Waals surface area contributed by atoms with Gasteiger partial charge in [-0.1, -0.05) is 6.07 Å². The largest absolute Gasteiger partial charge is 0.493 e. The maximum atomic E-state index is 11.0. The van der Waals surface area contributed by atoms with Crippen LogP contribution < -0.4 is 14.8 Å². The number of carbonyl (C=O) groups excluding carboxylic acids is 1. The highest BCUT2D eigenvalue weighted by atomic mass is 16.5. The maximum absolute atomic E-state index is 11.0. The summed E-state index contributed by atoms with van der Waals surface area (Å²) in [5, 5.41) is 3.31. The van der Waals surface area contributed by atoms with E-state index in [1.54, 1.807) is 25.3 Å². The molecule has 19 heavy (non-hydrogen) atoms.